The number of halogens is 1. The zero-order valence-electron chi connectivity index (χ0n) is 14.0. The number of ether oxygens (including phenoxy) is 1. The maximum atomic E-state index is 12.2. The molecule has 0 unspecified atom stereocenters. The molecule has 1 aliphatic heterocycles. The minimum atomic E-state index is -0.0340. The molecule has 4 nitrogen and oxygen atoms in total. The monoisotopic (exact) mass is 376 g/mol. The van der Waals surface area contributed by atoms with E-state index in [9.17, 15) is 4.79 Å². The second kappa shape index (κ2) is 8.61. The lowest BCUT2D eigenvalue weighted by atomic mass is 9.90. The van der Waals surface area contributed by atoms with Crippen molar-refractivity contribution in [2.75, 3.05) is 18.5 Å². The van der Waals surface area contributed by atoms with Gasteiger partial charge in [0.2, 0.25) is 5.91 Å². The summed E-state index contributed by atoms with van der Waals surface area (Å²) in [5.41, 5.74) is 2.79. The first-order valence-electron chi connectivity index (χ1n) is 8.39. The molecular formula is C19H21ClN2O2S. The van der Waals surface area contributed by atoms with Crippen molar-refractivity contribution in [2.45, 2.75) is 25.7 Å². The summed E-state index contributed by atoms with van der Waals surface area (Å²) in [4.78, 5) is 16.6. The van der Waals surface area contributed by atoms with Crippen LogP contribution in [-0.4, -0.2) is 24.1 Å². The van der Waals surface area contributed by atoms with E-state index in [0.29, 0.717) is 28.9 Å². The van der Waals surface area contributed by atoms with Gasteiger partial charge in [0.25, 0.3) is 0 Å². The summed E-state index contributed by atoms with van der Waals surface area (Å²) >= 11 is 7.59. The number of hydrogen-bond acceptors (Lipinski definition) is 4. The summed E-state index contributed by atoms with van der Waals surface area (Å²) in [5.74, 6) is 0.446. The normalized spacial score (nSPS) is 15.1. The predicted molar refractivity (Wildman–Crippen MR) is 103 cm³/mol. The molecule has 25 heavy (non-hydrogen) atoms. The number of amides is 1. The van der Waals surface area contributed by atoms with Crippen LogP contribution in [0.25, 0.3) is 11.3 Å². The van der Waals surface area contributed by atoms with Gasteiger partial charge >= 0.3 is 0 Å². The first-order valence-corrected chi connectivity index (χ1v) is 9.65. The van der Waals surface area contributed by atoms with Crippen LogP contribution in [0, 0.1) is 5.92 Å². The highest BCUT2D eigenvalue weighted by molar-refractivity contribution is 7.14. The van der Waals surface area contributed by atoms with Gasteiger partial charge in [-0.3, -0.25) is 4.79 Å². The number of aromatic nitrogens is 1. The number of anilines is 1. The van der Waals surface area contributed by atoms with Crippen LogP contribution in [0.4, 0.5) is 5.13 Å². The van der Waals surface area contributed by atoms with Gasteiger partial charge in [-0.2, -0.15) is 0 Å². The minimum absolute atomic E-state index is 0.0340. The summed E-state index contributed by atoms with van der Waals surface area (Å²) in [6.45, 7) is 5.73. The van der Waals surface area contributed by atoms with Crippen LogP contribution in [0.5, 0.6) is 0 Å². The zero-order chi connectivity index (χ0) is 17.6. The number of hydrogen-bond donors (Lipinski definition) is 1. The number of benzene rings is 1. The van der Waals surface area contributed by atoms with E-state index >= 15 is 0 Å². The molecule has 6 heteroatoms. The Kier molecular flexibility index (Phi) is 6.24. The van der Waals surface area contributed by atoms with Crippen LogP contribution in [0.2, 0.25) is 5.02 Å². The van der Waals surface area contributed by atoms with Gasteiger partial charge in [0.15, 0.2) is 5.13 Å². The van der Waals surface area contributed by atoms with Crippen LogP contribution in [0.15, 0.2) is 41.8 Å². The molecule has 1 aromatic carbocycles. The number of allylic oxidation sites excluding steroid dienone is 1. The van der Waals surface area contributed by atoms with Crippen molar-refractivity contribution in [2.24, 2.45) is 5.92 Å². The van der Waals surface area contributed by atoms with Crippen molar-refractivity contribution < 1.29 is 9.53 Å². The predicted octanol–water partition coefficient (Wildman–Crippen LogP) is 5.17. The molecule has 1 fully saturated rings. The third kappa shape index (κ3) is 4.91. The molecule has 132 valence electrons. The van der Waals surface area contributed by atoms with E-state index in [-0.39, 0.29) is 5.91 Å². The topological polar surface area (TPSA) is 51.2 Å². The number of carbonyl (C=O) groups excluding carboxylic acids is 1. The van der Waals surface area contributed by atoms with Crippen molar-refractivity contribution in [3.05, 3.63) is 46.8 Å². The average molecular weight is 377 g/mol. The van der Waals surface area contributed by atoms with E-state index < -0.39 is 0 Å². The van der Waals surface area contributed by atoms with Crippen LogP contribution in [-0.2, 0) is 9.53 Å². The molecule has 0 bridgehead atoms. The third-order valence-corrected chi connectivity index (χ3v) is 5.46. The van der Waals surface area contributed by atoms with Gasteiger partial charge in [0, 0.05) is 35.6 Å². The second-order valence-corrected chi connectivity index (χ2v) is 7.38. The Morgan fingerprint density at radius 3 is 2.84 bits per heavy atom. The molecule has 1 N–H and O–H groups in total. The van der Waals surface area contributed by atoms with E-state index in [1.165, 1.54) is 11.3 Å². The van der Waals surface area contributed by atoms with E-state index in [2.05, 4.69) is 16.9 Å². The van der Waals surface area contributed by atoms with Crippen molar-refractivity contribution in [3.63, 3.8) is 0 Å². The molecule has 0 radical (unpaired) electrons. The van der Waals surface area contributed by atoms with Gasteiger partial charge in [-0.25, -0.2) is 4.98 Å². The highest BCUT2D eigenvalue weighted by Gasteiger charge is 2.17. The molecule has 0 atom stereocenters. The Balaban J connectivity index is 1.52. The molecule has 1 saturated heterocycles. The number of thiazole rings is 1. The Morgan fingerprint density at radius 1 is 1.32 bits per heavy atom. The fourth-order valence-corrected chi connectivity index (χ4v) is 3.85. The van der Waals surface area contributed by atoms with Crippen LogP contribution < -0.4 is 5.32 Å². The highest BCUT2D eigenvalue weighted by Crippen LogP contribution is 2.30. The first kappa shape index (κ1) is 18.1. The molecule has 1 amide bonds. The van der Waals surface area contributed by atoms with Crippen molar-refractivity contribution in [1.82, 2.24) is 4.98 Å². The smallest absolute Gasteiger partial charge is 0.226 e. The second-order valence-electron chi connectivity index (χ2n) is 6.11. The fourth-order valence-electron chi connectivity index (χ4n) is 2.89. The quantitative estimate of drug-likeness (QED) is 0.708. The molecule has 0 saturated carbocycles. The van der Waals surface area contributed by atoms with Crippen molar-refractivity contribution in [3.8, 4) is 11.3 Å². The molecule has 1 aliphatic rings. The Hall–Kier alpha value is -1.69. The summed E-state index contributed by atoms with van der Waals surface area (Å²) < 4.78 is 5.36. The van der Waals surface area contributed by atoms with Gasteiger partial charge in [0.05, 0.1) is 5.69 Å². The lowest BCUT2D eigenvalue weighted by Crippen LogP contribution is -2.18. The average Bonchev–Trinajstić information content (AvgIpc) is 3.09. The van der Waals surface area contributed by atoms with Crippen LogP contribution in [0.1, 0.15) is 25.7 Å². The van der Waals surface area contributed by atoms with E-state index in [4.69, 9.17) is 16.3 Å². The number of rotatable bonds is 6. The summed E-state index contributed by atoms with van der Waals surface area (Å²) in [5, 5.41) is 6.02. The molecule has 2 aromatic rings. The Bertz CT molecular complexity index is 753. The zero-order valence-corrected chi connectivity index (χ0v) is 15.5. The van der Waals surface area contributed by atoms with Crippen molar-refractivity contribution >= 4 is 34.0 Å². The molecule has 1 aromatic heterocycles. The number of nitrogens with zero attached hydrogens (tertiary/aromatic N) is 1. The summed E-state index contributed by atoms with van der Waals surface area (Å²) in [6.07, 6.45) is 3.15. The largest absolute Gasteiger partial charge is 0.381 e. The Morgan fingerprint density at radius 2 is 2.08 bits per heavy atom. The van der Waals surface area contributed by atoms with Crippen LogP contribution >= 0.6 is 22.9 Å². The van der Waals surface area contributed by atoms with Crippen molar-refractivity contribution in [1.29, 1.82) is 0 Å². The maximum Gasteiger partial charge on any atom is 0.226 e. The number of carbonyl (C=O) groups is 1. The lowest BCUT2D eigenvalue weighted by molar-refractivity contribution is -0.116. The standard InChI is InChI=1S/C19H21ClN2O2S/c1-13(14-8-10-24-11-9-14)6-7-18(23)22-19-21-17(12-25-19)15-4-2-3-5-16(15)20/h2-5,12,14H,1,6-11H2,(H,21,22,23). The number of nitrogens with one attached hydrogen (secondary N) is 1. The van der Waals surface area contributed by atoms with Gasteiger partial charge in [0.1, 0.15) is 0 Å². The molecule has 2 heterocycles. The summed E-state index contributed by atoms with van der Waals surface area (Å²) in [7, 11) is 0. The van der Waals surface area contributed by atoms with E-state index in [1.807, 2.05) is 29.6 Å². The van der Waals surface area contributed by atoms with Gasteiger partial charge < -0.3 is 10.1 Å². The fraction of sp³-hybridized carbons (Fsp3) is 0.368. The van der Waals surface area contributed by atoms with E-state index in [1.54, 1.807) is 0 Å². The Labute approximate surface area is 156 Å². The molecule has 0 spiro atoms. The lowest BCUT2D eigenvalue weighted by Gasteiger charge is -2.23. The van der Waals surface area contributed by atoms with Gasteiger partial charge in [-0.05, 0) is 31.2 Å². The molecular weight excluding hydrogens is 356 g/mol. The van der Waals surface area contributed by atoms with Gasteiger partial charge in [-0.1, -0.05) is 42.0 Å². The third-order valence-electron chi connectivity index (χ3n) is 4.37. The first-order chi connectivity index (χ1) is 12.1. The minimum Gasteiger partial charge on any atom is -0.381 e. The van der Waals surface area contributed by atoms with Gasteiger partial charge in [-0.15, -0.1) is 11.3 Å². The molecule has 3 rings (SSSR count). The van der Waals surface area contributed by atoms with Crippen LogP contribution in [0.3, 0.4) is 0 Å². The molecule has 0 aliphatic carbocycles. The highest BCUT2D eigenvalue weighted by atomic mass is 35.5. The van der Waals surface area contributed by atoms with E-state index in [0.717, 1.165) is 42.9 Å². The SMILES string of the molecule is C=C(CCC(=O)Nc1nc(-c2ccccc2Cl)cs1)C1CCOCC1. The maximum absolute atomic E-state index is 12.2. The summed E-state index contributed by atoms with van der Waals surface area (Å²) in [6, 6.07) is 7.55.